The summed E-state index contributed by atoms with van der Waals surface area (Å²) in [5.74, 6) is -0.193. The molecule has 0 radical (unpaired) electrons. The van der Waals surface area contributed by atoms with Gasteiger partial charge in [-0.3, -0.25) is 10.1 Å². The Bertz CT molecular complexity index is 172. The zero-order valence-electron chi connectivity index (χ0n) is 7.76. The highest BCUT2D eigenvalue weighted by Gasteiger charge is 2.30. The fourth-order valence-electron chi connectivity index (χ4n) is 1.39. The van der Waals surface area contributed by atoms with Crippen LogP contribution in [-0.4, -0.2) is 37.7 Å². The molecule has 0 saturated carbocycles. The van der Waals surface area contributed by atoms with E-state index < -0.39 is 0 Å². The van der Waals surface area contributed by atoms with E-state index in [0.29, 0.717) is 6.04 Å². The lowest BCUT2D eigenvalue weighted by molar-refractivity contribution is -0.144. The molecule has 0 spiro atoms. The molecule has 12 heavy (non-hydrogen) atoms. The van der Waals surface area contributed by atoms with Gasteiger partial charge in [-0.05, 0) is 13.8 Å². The molecule has 0 aromatic heterocycles. The molecule has 1 aliphatic heterocycles. The smallest absolute Gasteiger partial charge is 0.324 e. The van der Waals surface area contributed by atoms with Gasteiger partial charge in [0, 0.05) is 18.6 Å². The zero-order valence-corrected chi connectivity index (χ0v) is 7.76. The lowest BCUT2D eigenvalue weighted by Crippen LogP contribution is -2.61. The average Bonchev–Trinajstić information content (AvgIpc) is 2.08. The van der Waals surface area contributed by atoms with Crippen molar-refractivity contribution in [2.45, 2.75) is 32.0 Å². The Morgan fingerprint density at radius 2 is 2.17 bits per heavy atom. The van der Waals surface area contributed by atoms with Gasteiger partial charge in [-0.25, -0.2) is 0 Å². The van der Waals surface area contributed by atoms with Crippen LogP contribution in [-0.2, 0) is 9.53 Å². The SMILES string of the molecule is COC(=O)C1NC(C)CNC1C. The quantitative estimate of drug-likeness (QED) is 0.523. The van der Waals surface area contributed by atoms with Crippen molar-refractivity contribution >= 4 is 5.97 Å². The molecule has 1 fully saturated rings. The van der Waals surface area contributed by atoms with E-state index >= 15 is 0 Å². The summed E-state index contributed by atoms with van der Waals surface area (Å²) in [5, 5.41) is 6.41. The first kappa shape index (κ1) is 9.48. The van der Waals surface area contributed by atoms with Crippen LogP contribution in [0.5, 0.6) is 0 Å². The van der Waals surface area contributed by atoms with Crippen molar-refractivity contribution in [2.24, 2.45) is 0 Å². The van der Waals surface area contributed by atoms with Crippen molar-refractivity contribution < 1.29 is 9.53 Å². The largest absolute Gasteiger partial charge is 0.468 e. The summed E-state index contributed by atoms with van der Waals surface area (Å²) >= 11 is 0. The van der Waals surface area contributed by atoms with Crippen LogP contribution in [0.3, 0.4) is 0 Å². The third kappa shape index (κ3) is 1.95. The summed E-state index contributed by atoms with van der Waals surface area (Å²) in [7, 11) is 1.41. The Morgan fingerprint density at radius 3 is 2.75 bits per heavy atom. The monoisotopic (exact) mass is 172 g/mol. The molecule has 1 aliphatic rings. The highest BCUT2D eigenvalue weighted by Crippen LogP contribution is 2.02. The maximum atomic E-state index is 11.2. The van der Waals surface area contributed by atoms with E-state index in [1.54, 1.807) is 0 Å². The minimum absolute atomic E-state index is 0.147. The summed E-state index contributed by atoms with van der Waals surface area (Å²) in [5.41, 5.74) is 0. The Balaban J connectivity index is 2.54. The van der Waals surface area contributed by atoms with Gasteiger partial charge in [0.05, 0.1) is 7.11 Å². The molecule has 0 aliphatic carbocycles. The number of rotatable bonds is 1. The second-order valence-corrected chi connectivity index (χ2v) is 3.27. The van der Waals surface area contributed by atoms with Gasteiger partial charge in [0.25, 0.3) is 0 Å². The van der Waals surface area contributed by atoms with Crippen LogP contribution in [0.25, 0.3) is 0 Å². The van der Waals surface area contributed by atoms with Crippen molar-refractivity contribution in [3.05, 3.63) is 0 Å². The first-order chi connectivity index (χ1) is 5.65. The van der Waals surface area contributed by atoms with Crippen LogP contribution in [0.15, 0.2) is 0 Å². The standard InChI is InChI=1S/C8H16N2O2/c1-5-4-9-6(2)7(10-5)8(11)12-3/h5-7,9-10H,4H2,1-3H3. The van der Waals surface area contributed by atoms with Gasteiger partial charge >= 0.3 is 5.97 Å². The maximum Gasteiger partial charge on any atom is 0.324 e. The van der Waals surface area contributed by atoms with Crippen molar-refractivity contribution in [1.29, 1.82) is 0 Å². The highest BCUT2D eigenvalue weighted by atomic mass is 16.5. The summed E-state index contributed by atoms with van der Waals surface area (Å²) in [6.45, 7) is 4.91. The number of methoxy groups -OCH3 is 1. The first-order valence-electron chi connectivity index (χ1n) is 4.22. The van der Waals surface area contributed by atoms with Crippen LogP contribution >= 0.6 is 0 Å². The first-order valence-corrected chi connectivity index (χ1v) is 4.22. The summed E-state index contributed by atoms with van der Waals surface area (Å²) in [4.78, 5) is 11.2. The van der Waals surface area contributed by atoms with Gasteiger partial charge in [0.1, 0.15) is 6.04 Å². The normalized spacial score (nSPS) is 36.1. The van der Waals surface area contributed by atoms with E-state index in [1.165, 1.54) is 7.11 Å². The Kier molecular flexibility index (Phi) is 3.05. The van der Waals surface area contributed by atoms with Crippen LogP contribution in [0.4, 0.5) is 0 Å². The van der Waals surface area contributed by atoms with Crippen molar-refractivity contribution in [1.82, 2.24) is 10.6 Å². The second-order valence-electron chi connectivity index (χ2n) is 3.27. The molecule has 0 bridgehead atoms. The lowest BCUT2D eigenvalue weighted by atomic mass is 10.1. The number of piperazine rings is 1. The van der Waals surface area contributed by atoms with E-state index in [-0.39, 0.29) is 18.1 Å². The summed E-state index contributed by atoms with van der Waals surface area (Å²) in [6, 6.07) is 0.262. The topological polar surface area (TPSA) is 50.4 Å². The highest BCUT2D eigenvalue weighted by molar-refractivity contribution is 5.76. The van der Waals surface area contributed by atoms with Crippen LogP contribution < -0.4 is 10.6 Å². The molecule has 4 heteroatoms. The van der Waals surface area contributed by atoms with E-state index in [2.05, 4.69) is 15.4 Å². The zero-order chi connectivity index (χ0) is 9.14. The second kappa shape index (κ2) is 3.87. The minimum Gasteiger partial charge on any atom is -0.468 e. The molecule has 1 heterocycles. The Hall–Kier alpha value is -0.610. The number of carbonyl (C=O) groups excluding carboxylic acids is 1. The molecule has 70 valence electrons. The summed E-state index contributed by atoms with van der Waals surface area (Å²) < 4.78 is 4.67. The van der Waals surface area contributed by atoms with Crippen molar-refractivity contribution in [3.8, 4) is 0 Å². The van der Waals surface area contributed by atoms with Crippen LogP contribution in [0.2, 0.25) is 0 Å². The van der Waals surface area contributed by atoms with Gasteiger partial charge in [-0.15, -0.1) is 0 Å². The number of hydrogen-bond acceptors (Lipinski definition) is 4. The van der Waals surface area contributed by atoms with Crippen LogP contribution in [0, 0.1) is 0 Å². The van der Waals surface area contributed by atoms with E-state index in [1.807, 2.05) is 13.8 Å². The third-order valence-electron chi connectivity index (χ3n) is 2.17. The molecule has 4 nitrogen and oxygen atoms in total. The van der Waals surface area contributed by atoms with Gasteiger partial charge in [0.2, 0.25) is 0 Å². The molecular formula is C8H16N2O2. The molecule has 1 saturated heterocycles. The molecule has 0 amide bonds. The van der Waals surface area contributed by atoms with Gasteiger partial charge < -0.3 is 10.1 Å². The molecule has 3 unspecified atom stereocenters. The van der Waals surface area contributed by atoms with Crippen molar-refractivity contribution in [2.75, 3.05) is 13.7 Å². The van der Waals surface area contributed by atoms with E-state index in [4.69, 9.17) is 0 Å². The average molecular weight is 172 g/mol. The van der Waals surface area contributed by atoms with Crippen molar-refractivity contribution in [3.63, 3.8) is 0 Å². The van der Waals surface area contributed by atoms with Crippen LogP contribution in [0.1, 0.15) is 13.8 Å². The molecule has 0 aromatic rings. The third-order valence-corrected chi connectivity index (χ3v) is 2.17. The number of nitrogens with one attached hydrogen (secondary N) is 2. The summed E-state index contributed by atoms with van der Waals surface area (Å²) in [6.07, 6.45) is 0. The molecule has 3 atom stereocenters. The lowest BCUT2D eigenvalue weighted by Gasteiger charge is -2.33. The maximum absolute atomic E-state index is 11.2. The predicted octanol–water partition coefficient (Wildman–Crippen LogP) is -0.502. The molecular weight excluding hydrogens is 156 g/mol. The fraction of sp³-hybridized carbons (Fsp3) is 0.875. The van der Waals surface area contributed by atoms with Gasteiger partial charge in [-0.2, -0.15) is 0 Å². The van der Waals surface area contributed by atoms with E-state index in [0.717, 1.165) is 6.54 Å². The number of hydrogen-bond donors (Lipinski definition) is 2. The Labute approximate surface area is 72.7 Å². The molecule has 2 N–H and O–H groups in total. The molecule has 0 aromatic carbocycles. The fourth-order valence-corrected chi connectivity index (χ4v) is 1.39. The predicted molar refractivity (Wildman–Crippen MR) is 45.9 cm³/mol. The van der Waals surface area contributed by atoms with Gasteiger partial charge in [-0.1, -0.05) is 0 Å². The minimum atomic E-state index is -0.209. The molecule has 1 rings (SSSR count). The van der Waals surface area contributed by atoms with Gasteiger partial charge in [0.15, 0.2) is 0 Å². The number of esters is 1. The van der Waals surface area contributed by atoms with E-state index in [9.17, 15) is 4.79 Å². The Morgan fingerprint density at radius 1 is 1.50 bits per heavy atom. The number of carbonyl (C=O) groups is 1. The number of ether oxygens (including phenoxy) is 1.